The summed E-state index contributed by atoms with van der Waals surface area (Å²) in [6.45, 7) is 0. The fourth-order valence-corrected chi connectivity index (χ4v) is 7.98. The summed E-state index contributed by atoms with van der Waals surface area (Å²) in [5.74, 6) is -4.68. The summed E-state index contributed by atoms with van der Waals surface area (Å²) >= 11 is 0. The molecule has 0 aromatic heterocycles. The Morgan fingerprint density at radius 1 is 0.333 bits per heavy atom. The van der Waals surface area contributed by atoms with Crippen LogP contribution < -0.4 is 16.0 Å². The van der Waals surface area contributed by atoms with Crippen molar-refractivity contribution in [3.63, 3.8) is 0 Å². The van der Waals surface area contributed by atoms with Crippen molar-refractivity contribution in [3.05, 3.63) is 89.5 Å². The van der Waals surface area contributed by atoms with E-state index in [0.29, 0.717) is 72.8 Å². The minimum absolute atomic E-state index is 0.360. The van der Waals surface area contributed by atoms with Crippen LogP contribution in [0.15, 0.2) is 102 Å². The number of hydrogen-bond acceptors (Lipinski definition) is 15. The van der Waals surface area contributed by atoms with Gasteiger partial charge in [-0.05, 0) is 72.8 Å². The number of hydrogen-bond donors (Lipinski definition) is 9. The summed E-state index contributed by atoms with van der Waals surface area (Å²) in [7, 11) is -31.1. The van der Waals surface area contributed by atoms with E-state index >= 15 is 0 Å². The molecular weight excluding hydrogens is 895 g/mol. The molecule has 0 saturated carbocycles. The first kappa shape index (κ1) is 44.5. The van der Waals surface area contributed by atoms with Crippen molar-refractivity contribution in [2.45, 2.75) is 29.4 Å². The molecule has 0 radical (unpaired) electrons. The zero-order chi connectivity index (χ0) is 43.3. The van der Waals surface area contributed by atoms with Gasteiger partial charge in [-0.25, -0.2) is 0 Å². The lowest BCUT2D eigenvalue weighted by Gasteiger charge is -2.15. The smallest absolute Gasteiger partial charge is 0.296 e. The molecule has 0 atom stereocenters. The van der Waals surface area contributed by atoms with E-state index in [1.807, 2.05) is 16.0 Å². The van der Waals surface area contributed by atoms with Crippen molar-refractivity contribution in [1.29, 1.82) is 0 Å². The molecule has 0 fully saturated rings. The molecule has 3 amide bonds. The van der Waals surface area contributed by atoms with Gasteiger partial charge in [-0.2, -0.15) is 50.5 Å². The first-order valence-electron chi connectivity index (χ1n) is 14.1. The molecule has 0 aliphatic rings. The summed E-state index contributed by atoms with van der Waals surface area (Å²) in [5.41, 5.74) is -5.77. The van der Waals surface area contributed by atoms with E-state index in [1.165, 1.54) is 0 Å². The predicted molar refractivity (Wildman–Crippen MR) is 189 cm³/mol. The zero-order valence-corrected chi connectivity index (χ0v) is 32.1. The summed E-state index contributed by atoms with van der Waals surface area (Å²) in [6.07, 6.45) is 0. The molecule has 0 unspecified atom stereocenters. The van der Waals surface area contributed by atoms with Crippen molar-refractivity contribution in [1.82, 2.24) is 0 Å². The minimum atomic E-state index is -5.28. The number of anilines is 3. The Bertz CT molecular complexity index is 2750. The second kappa shape index (κ2) is 15.3. The topological polar surface area (TPSA) is 414 Å². The summed E-state index contributed by atoms with van der Waals surface area (Å²) < 4.78 is 199. The van der Waals surface area contributed by atoms with Gasteiger partial charge in [0.2, 0.25) is 0 Å². The van der Waals surface area contributed by atoms with Gasteiger partial charge in [-0.3, -0.25) is 41.7 Å². The predicted octanol–water partition coefficient (Wildman–Crippen LogP) is 0.924. The average molecular weight is 916 g/mol. The quantitative estimate of drug-likeness (QED) is 0.0892. The van der Waals surface area contributed by atoms with Crippen LogP contribution in [0.25, 0.3) is 0 Å². The molecule has 0 spiro atoms. The third kappa shape index (κ3) is 10.8. The Labute approximate surface area is 321 Å². The van der Waals surface area contributed by atoms with Gasteiger partial charge in [0.1, 0.15) is 14.7 Å². The maximum Gasteiger partial charge on any atom is 0.296 e. The Kier molecular flexibility index (Phi) is 11.9. The molecule has 0 aliphatic carbocycles. The van der Waals surface area contributed by atoms with Gasteiger partial charge in [-0.1, -0.05) is 0 Å². The van der Waals surface area contributed by atoms with Gasteiger partial charge in [-0.15, -0.1) is 0 Å². The molecule has 4 aromatic carbocycles. The van der Waals surface area contributed by atoms with E-state index in [0.717, 1.165) is 0 Å². The van der Waals surface area contributed by atoms with Crippen molar-refractivity contribution in [3.8, 4) is 0 Å². The fourth-order valence-electron chi connectivity index (χ4n) is 4.58. The first-order valence-corrected chi connectivity index (χ1v) is 22.8. The van der Waals surface area contributed by atoms with E-state index in [2.05, 4.69) is 0 Å². The molecule has 24 nitrogen and oxygen atoms in total. The van der Waals surface area contributed by atoms with Gasteiger partial charge in [0.15, 0.2) is 0 Å². The second-order valence-corrected chi connectivity index (χ2v) is 19.4. The van der Waals surface area contributed by atoms with Crippen LogP contribution in [0.4, 0.5) is 17.1 Å². The van der Waals surface area contributed by atoms with E-state index < -0.39 is 142 Å². The van der Waals surface area contributed by atoms with Crippen LogP contribution in [0.5, 0.6) is 0 Å². The molecule has 0 saturated heterocycles. The van der Waals surface area contributed by atoms with E-state index in [1.54, 1.807) is 0 Å². The zero-order valence-electron chi connectivity index (χ0n) is 27.2. The van der Waals surface area contributed by atoms with Gasteiger partial charge in [0.25, 0.3) is 78.4 Å². The van der Waals surface area contributed by atoms with Crippen LogP contribution in [0.3, 0.4) is 0 Å². The third-order valence-electron chi connectivity index (χ3n) is 7.04. The van der Waals surface area contributed by atoms with Crippen molar-refractivity contribution < 1.29 is 92.2 Å². The molecule has 9 N–H and O–H groups in total. The number of nitrogens with one attached hydrogen (secondary N) is 3. The lowest BCUT2D eigenvalue weighted by molar-refractivity contribution is 0.102. The molecular formula is C27H21N3O21S6. The standard InChI is InChI=1S/C27H21N3O21S6/c31-25(28-19-10-16(52(34,35)36)1-4-22(19)55(43,44)45)13-7-14(26(32)29-20-11-17(53(37,38)39)2-5-23(20)56(46,47)48)9-15(8-13)27(33)30-21-12-18(54(40,41)42)3-6-24(21)57(49,50)51/h1-12H,(H,28,31)(H,29,32)(H,30,33)(H,34,35,36)(H,37,38,39)(H,40,41,42)(H,43,44,45)(H,46,47,48)(H,49,50,51). The van der Waals surface area contributed by atoms with Crippen molar-refractivity contribution >= 4 is 95.5 Å². The van der Waals surface area contributed by atoms with Crippen molar-refractivity contribution in [2.75, 3.05) is 16.0 Å². The highest BCUT2D eigenvalue weighted by Crippen LogP contribution is 2.29. The molecule has 306 valence electrons. The lowest BCUT2D eigenvalue weighted by atomic mass is 10.0. The van der Waals surface area contributed by atoms with E-state index in [4.69, 9.17) is 0 Å². The SMILES string of the molecule is O=C(Nc1cc(S(=O)(=O)O)ccc1S(=O)(=O)O)c1cc(C(=O)Nc2cc(S(=O)(=O)O)ccc2S(=O)(=O)O)cc(C(=O)Nc2cc(S(=O)(=O)O)ccc2S(=O)(=O)O)c1. The van der Waals surface area contributed by atoms with Crippen LogP contribution >= 0.6 is 0 Å². The second-order valence-electron chi connectivity index (χ2n) is 11.0. The van der Waals surface area contributed by atoms with Gasteiger partial charge >= 0.3 is 0 Å². The maximum absolute atomic E-state index is 13.5. The number of amides is 3. The third-order valence-corrected chi connectivity index (χ3v) is 12.3. The molecule has 4 rings (SSSR count). The van der Waals surface area contributed by atoms with Crippen LogP contribution in [-0.4, -0.2) is 95.5 Å². The Balaban J connectivity index is 1.94. The lowest BCUT2D eigenvalue weighted by Crippen LogP contribution is -2.21. The monoisotopic (exact) mass is 915 g/mol. The Morgan fingerprint density at radius 3 is 0.719 bits per heavy atom. The van der Waals surface area contributed by atoms with Crippen LogP contribution in [-0.2, 0) is 60.7 Å². The summed E-state index contributed by atoms with van der Waals surface area (Å²) in [5, 5.41) is 5.56. The molecule has 0 heterocycles. The molecule has 0 aliphatic heterocycles. The number of carbonyl (C=O) groups excluding carboxylic acids is 3. The molecule has 0 bridgehead atoms. The van der Waals surface area contributed by atoms with Crippen LogP contribution in [0.2, 0.25) is 0 Å². The van der Waals surface area contributed by atoms with Gasteiger partial charge in [0, 0.05) is 16.7 Å². The first-order chi connectivity index (χ1) is 25.8. The summed E-state index contributed by atoms with van der Waals surface area (Å²) in [4.78, 5) is 34.0. The van der Waals surface area contributed by atoms with Gasteiger partial charge < -0.3 is 16.0 Å². The normalized spacial score (nSPS) is 12.7. The van der Waals surface area contributed by atoms with Crippen LogP contribution in [0, 0.1) is 0 Å². The molecule has 57 heavy (non-hydrogen) atoms. The molecule has 30 heteroatoms. The highest BCUT2D eigenvalue weighted by atomic mass is 32.2. The number of rotatable bonds is 12. The Morgan fingerprint density at radius 2 is 0.544 bits per heavy atom. The molecule has 4 aromatic rings. The minimum Gasteiger partial charge on any atom is -0.321 e. The summed E-state index contributed by atoms with van der Waals surface area (Å²) in [6, 6.07) is 5.66. The highest BCUT2D eigenvalue weighted by Gasteiger charge is 2.27. The van der Waals surface area contributed by atoms with E-state index in [9.17, 15) is 92.2 Å². The van der Waals surface area contributed by atoms with E-state index in [-0.39, 0.29) is 0 Å². The Hall–Kier alpha value is -5.25. The number of carbonyl (C=O) groups is 3. The van der Waals surface area contributed by atoms with Crippen molar-refractivity contribution in [2.24, 2.45) is 0 Å². The number of benzene rings is 4. The fraction of sp³-hybridized carbons (Fsp3) is 0. The van der Waals surface area contributed by atoms with Crippen LogP contribution in [0.1, 0.15) is 31.1 Å². The highest BCUT2D eigenvalue weighted by molar-refractivity contribution is 7.87. The average Bonchev–Trinajstić information content (AvgIpc) is 3.05. The van der Waals surface area contributed by atoms with Gasteiger partial charge in [0.05, 0.1) is 31.7 Å². The largest absolute Gasteiger partial charge is 0.321 e. The maximum atomic E-state index is 13.5.